The molecule has 0 aliphatic heterocycles. The number of ether oxygens (including phenoxy) is 3. The van der Waals surface area contributed by atoms with Crippen molar-refractivity contribution in [1.82, 2.24) is 0 Å². The van der Waals surface area contributed by atoms with Gasteiger partial charge in [0, 0.05) is 17.8 Å². The Hall–Kier alpha value is -3.68. The molecular formula is C29H32F3NO4. The first-order valence-corrected chi connectivity index (χ1v) is 12.1. The molecule has 0 bridgehead atoms. The van der Waals surface area contributed by atoms with Crippen molar-refractivity contribution in [3.05, 3.63) is 83.4 Å². The second-order valence-electron chi connectivity index (χ2n) is 9.56. The van der Waals surface area contributed by atoms with Gasteiger partial charge in [-0.15, -0.1) is 13.2 Å². The summed E-state index contributed by atoms with van der Waals surface area (Å²) in [6.07, 6.45) is -4.14. The van der Waals surface area contributed by atoms with E-state index in [1.54, 1.807) is 6.92 Å². The lowest BCUT2D eigenvalue weighted by atomic mass is 9.87. The van der Waals surface area contributed by atoms with Crippen LogP contribution in [0.5, 0.6) is 11.5 Å². The average molecular weight is 516 g/mol. The molecule has 0 amide bonds. The summed E-state index contributed by atoms with van der Waals surface area (Å²) < 4.78 is 52.3. The van der Waals surface area contributed by atoms with E-state index in [0.717, 1.165) is 11.1 Å². The smallest absolute Gasteiger partial charge is 0.489 e. The van der Waals surface area contributed by atoms with Crippen LogP contribution in [0.3, 0.4) is 0 Å². The number of benzene rings is 3. The Labute approximate surface area is 215 Å². The molecule has 0 aromatic heterocycles. The first-order chi connectivity index (χ1) is 17.4. The van der Waals surface area contributed by atoms with Crippen molar-refractivity contribution in [3.63, 3.8) is 0 Å². The topological polar surface area (TPSA) is 56.8 Å². The van der Waals surface area contributed by atoms with Gasteiger partial charge in [-0.3, -0.25) is 4.79 Å². The van der Waals surface area contributed by atoms with E-state index in [9.17, 15) is 18.0 Å². The summed E-state index contributed by atoms with van der Waals surface area (Å²) in [6, 6.07) is 19.2. The fourth-order valence-electron chi connectivity index (χ4n) is 3.63. The van der Waals surface area contributed by atoms with Gasteiger partial charge in [0.05, 0.1) is 6.61 Å². The van der Waals surface area contributed by atoms with Gasteiger partial charge in [-0.05, 0) is 77.9 Å². The molecule has 37 heavy (non-hydrogen) atoms. The number of esters is 1. The zero-order valence-corrected chi connectivity index (χ0v) is 21.4. The van der Waals surface area contributed by atoms with Crippen LogP contribution < -0.4 is 14.8 Å². The Morgan fingerprint density at radius 2 is 1.54 bits per heavy atom. The van der Waals surface area contributed by atoms with E-state index in [1.807, 2.05) is 30.3 Å². The van der Waals surface area contributed by atoms with E-state index in [2.05, 4.69) is 43.0 Å². The highest BCUT2D eigenvalue weighted by Crippen LogP contribution is 2.29. The summed E-state index contributed by atoms with van der Waals surface area (Å²) in [5.41, 5.74) is 4.41. The summed E-state index contributed by atoms with van der Waals surface area (Å²) in [5.74, 6) is 0.0426. The molecule has 0 heterocycles. The zero-order valence-electron chi connectivity index (χ0n) is 21.4. The third kappa shape index (κ3) is 9.04. The van der Waals surface area contributed by atoms with Crippen molar-refractivity contribution in [2.75, 3.05) is 11.9 Å². The monoisotopic (exact) mass is 515 g/mol. The van der Waals surface area contributed by atoms with Crippen molar-refractivity contribution in [1.29, 1.82) is 0 Å². The molecule has 0 saturated carbocycles. The molecule has 0 aliphatic rings. The molecule has 198 valence electrons. The maximum Gasteiger partial charge on any atom is 0.573 e. The fraction of sp³-hybridized carbons (Fsp3) is 0.345. The van der Waals surface area contributed by atoms with Crippen molar-refractivity contribution in [2.45, 2.75) is 58.9 Å². The van der Waals surface area contributed by atoms with Gasteiger partial charge >= 0.3 is 12.3 Å². The van der Waals surface area contributed by atoms with E-state index < -0.39 is 6.36 Å². The lowest BCUT2D eigenvalue weighted by Crippen LogP contribution is -2.16. The SMILES string of the molecule is CCOC(=O)CCc1cc(Nc2ccc(OC(F)(F)F)cc2)ccc1OCc1ccc(C(C)(C)C)cc1. The maximum atomic E-state index is 12.4. The molecule has 5 nitrogen and oxygen atoms in total. The molecule has 3 aromatic rings. The lowest BCUT2D eigenvalue weighted by molar-refractivity contribution is -0.274. The van der Waals surface area contributed by atoms with Gasteiger partial charge in [0.1, 0.15) is 18.1 Å². The number of nitrogens with one attached hydrogen (secondary N) is 1. The first-order valence-electron chi connectivity index (χ1n) is 12.1. The number of anilines is 2. The quantitative estimate of drug-likeness (QED) is 0.280. The Kier molecular flexibility index (Phi) is 9.08. The number of aryl methyl sites for hydroxylation is 1. The second-order valence-corrected chi connectivity index (χ2v) is 9.56. The zero-order chi connectivity index (χ0) is 27.1. The minimum Gasteiger partial charge on any atom is -0.489 e. The maximum absolute atomic E-state index is 12.4. The van der Waals surface area contributed by atoms with Gasteiger partial charge in [0.15, 0.2) is 0 Å². The highest BCUT2D eigenvalue weighted by molar-refractivity contribution is 5.70. The third-order valence-electron chi connectivity index (χ3n) is 5.56. The molecule has 0 saturated heterocycles. The van der Waals surface area contributed by atoms with Crippen LogP contribution >= 0.6 is 0 Å². The predicted molar refractivity (Wildman–Crippen MR) is 137 cm³/mol. The normalized spacial score (nSPS) is 11.6. The molecule has 0 atom stereocenters. The number of rotatable bonds is 10. The van der Waals surface area contributed by atoms with Crippen LogP contribution in [-0.4, -0.2) is 18.9 Å². The van der Waals surface area contributed by atoms with Crippen LogP contribution in [0.2, 0.25) is 0 Å². The molecule has 0 fully saturated rings. The van der Waals surface area contributed by atoms with Crippen LogP contribution in [0.25, 0.3) is 0 Å². The largest absolute Gasteiger partial charge is 0.573 e. The Balaban J connectivity index is 1.74. The van der Waals surface area contributed by atoms with Crippen LogP contribution in [0, 0.1) is 0 Å². The average Bonchev–Trinajstić information content (AvgIpc) is 2.82. The molecular weight excluding hydrogens is 483 g/mol. The summed E-state index contributed by atoms with van der Waals surface area (Å²) >= 11 is 0. The predicted octanol–water partition coefficient (Wildman–Crippen LogP) is 7.70. The fourth-order valence-corrected chi connectivity index (χ4v) is 3.63. The van der Waals surface area contributed by atoms with Gasteiger partial charge in [-0.2, -0.15) is 0 Å². The van der Waals surface area contributed by atoms with Crippen molar-refractivity contribution in [2.24, 2.45) is 0 Å². The van der Waals surface area contributed by atoms with E-state index in [4.69, 9.17) is 9.47 Å². The molecule has 0 spiro atoms. The standard InChI is InChI=1S/C29H32F3NO4/c1-5-35-27(34)17-8-21-18-24(33-23-11-14-25(15-12-23)37-29(30,31)32)13-16-26(21)36-19-20-6-9-22(10-7-20)28(2,3)4/h6-7,9-16,18,33H,5,8,17,19H2,1-4H3. The van der Waals surface area contributed by atoms with Crippen molar-refractivity contribution >= 4 is 17.3 Å². The Morgan fingerprint density at radius 3 is 2.14 bits per heavy atom. The summed E-state index contributed by atoms with van der Waals surface area (Å²) in [7, 11) is 0. The molecule has 0 aliphatic carbocycles. The molecule has 8 heteroatoms. The second kappa shape index (κ2) is 12.0. The summed E-state index contributed by atoms with van der Waals surface area (Å²) in [6.45, 7) is 8.91. The third-order valence-corrected chi connectivity index (χ3v) is 5.56. The van der Waals surface area contributed by atoms with Crippen LogP contribution in [0.1, 0.15) is 50.8 Å². The molecule has 0 unspecified atom stereocenters. The van der Waals surface area contributed by atoms with Gasteiger partial charge in [-0.1, -0.05) is 45.0 Å². The lowest BCUT2D eigenvalue weighted by Gasteiger charge is -2.19. The highest BCUT2D eigenvalue weighted by atomic mass is 19.4. The Morgan fingerprint density at radius 1 is 0.892 bits per heavy atom. The van der Waals surface area contributed by atoms with Crippen LogP contribution in [0.4, 0.5) is 24.5 Å². The Bertz CT molecular complexity index is 1170. The molecule has 3 rings (SSSR count). The number of halogens is 3. The van der Waals surface area contributed by atoms with Gasteiger partial charge in [0.2, 0.25) is 0 Å². The van der Waals surface area contributed by atoms with E-state index in [1.165, 1.54) is 29.8 Å². The van der Waals surface area contributed by atoms with E-state index >= 15 is 0 Å². The van der Waals surface area contributed by atoms with Crippen molar-refractivity contribution in [3.8, 4) is 11.5 Å². The van der Waals surface area contributed by atoms with Crippen LogP contribution in [0.15, 0.2) is 66.7 Å². The minimum absolute atomic E-state index is 0.0637. The number of alkyl halides is 3. The van der Waals surface area contributed by atoms with Gasteiger partial charge in [-0.25, -0.2) is 0 Å². The number of carbonyl (C=O) groups excluding carboxylic acids is 1. The highest BCUT2D eigenvalue weighted by Gasteiger charge is 2.31. The number of hydrogen-bond donors (Lipinski definition) is 1. The van der Waals surface area contributed by atoms with Gasteiger partial charge < -0.3 is 19.5 Å². The minimum atomic E-state index is -4.74. The van der Waals surface area contributed by atoms with Crippen molar-refractivity contribution < 1.29 is 32.2 Å². The molecule has 1 N–H and O–H groups in total. The first kappa shape index (κ1) is 27.9. The van der Waals surface area contributed by atoms with E-state index in [-0.39, 0.29) is 23.6 Å². The summed E-state index contributed by atoms with van der Waals surface area (Å²) in [5, 5.41) is 3.16. The summed E-state index contributed by atoms with van der Waals surface area (Å²) in [4.78, 5) is 12.0. The molecule has 3 aromatic carbocycles. The molecule has 0 radical (unpaired) electrons. The number of hydrogen-bond acceptors (Lipinski definition) is 5. The van der Waals surface area contributed by atoms with Crippen LogP contribution in [-0.2, 0) is 28.0 Å². The van der Waals surface area contributed by atoms with E-state index in [0.29, 0.717) is 36.8 Å². The number of carbonyl (C=O) groups is 1. The van der Waals surface area contributed by atoms with Gasteiger partial charge in [0.25, 0.3) is 0 Å².